The van der Waals surface area contributed by atoms with Crippen molar-refractivity contribution in [1.82, 2.24) is 15.2 Å². The van der Waals surface area contributed by atoms with Crippen molar-refractivity contribution in [2.45, 2.75) is 19.2 Å². The summed E-state index contributed by atoms with van der Waals surface area (Å²) in [5, 5.41) is 15.4. The molecule has 0 unspecified atom stereocenters. The van der Waals surface area contributed by atoms with Gasteiger partial charge in [-0.1, -0.05) is 23.7 Å². The Morgan fingerprint density at radius 1 is 1.35 bits per heavy atom. The maximum Gasteiger partial charge on any atom is 0.507 e. The minimum absolute atomic E-state index is 0.0857. The zero-order chi connectivity index (χ0) is 24.1. The van der Waals surface area contributed by atoms with E-state index in [-0.39, 0.29) is 19.8 Å². The first-order valence-electron chi connectivity index (χ1n) is 10.6. The fraction of sp³-hybridized carbons (Fsp3) is 0.364. The molecule has 0 saturated carbocycles. The topological polar surface area (TPSA) is 123 Å². The number of morpholine rings is 1. The van der Waals surface area contributed by atoms with Crippen LogP contribution in [0.4, 0.5) is 4.79 Å². The monoisotopic (exact) mass is 506 g/mol. The van der Waals surface area contributed by atoms with Gasteiger partial charge >= 0.3 is 12.1 Å². The number of nitrogens with zero attached hydrogens (tertiary/aromatic N) is 3. The zero-order valence-electron chi connectivity index (χ0n) is 18.3. The first kappa shape index (κ1) is 24.1. The number of amidine groups is 1. The molecule has 0 spiro atoms. The zero-order valence-corrected chi connectivity index (χ0v) is 19.8. The molecule has 1 aromatic carbocycles. The second kappa shape index (κ2) is 11.0. The van der Waals surface area contributed by atoms with Crippen molar-refractivity contribution in [3.05, 3.63) is 62.7 Å². The van der Waals surface area contributed by atoms with Crippen molar-refractivity contribution >= 4 is 40.9 Å². The molecular weight excluding hydrogens is 484 g/mol. The van der Waals surface area contributed by atoms with Crippen LogP contribution in [-0.2, 0) is 19.0 Å². The third-order valence-electron chi connectivity index (χ3n) is 5.23. The predicted molar refractivity (Wildman–Crippen MR) is 125 cm³/mol. The van der Waals surface area contributed by atoms with Crippen molar-refractivity contribution < 1.29 is 28.9 Å². The Hall–Kier alpha value is -2.99. The van der Waals surface area contributed by atoms with Gasteiger partial charge in [0.25, 0.3) is 0 Å². The number of hydrogen-bond acceptors (Lipinski definition) is 10. The number of carbonyl (C=O) groups is 2. The lowest BCUT2D eigenvalue weighted by Crippen LogP contribution is -2.50. The lowest BCUT2D eigenvalue weighted by atomic mass is 9.95. The standard InChI is InChI=1S/C22H23ClN4O6S/c1-2-32-21(28)17-15(11-27-8-9-31-12-16(27)33-22(29)30)25-19(20-24-7-10-34-20)26-18(17)13-3-5-14(23)6-4-13/h3-7,10,16,18H,2,8-9,11-12H2,1H3,(H,25,26)(H,29,30)/t16-,18-/m0/s1. The highest BCUT2D eigenvalue weighted by Crippen LogP contribution is 2.34. The summed E-state index contributed by atoms with van der Waals surface area (Å²) in [6.07, 6.45) is -0.550. The van der Waals surface area contributed by atoms with E-state index < -0.39 is 24.4 Å². The summed E-state index contributed by atoms with van der Waals surface area (Å²) in [6, 6.07) is 6.41. The van der Waals surface area contributed by atoms with Crippen molar-refractivity contribution in [2.75, 3.05) is 32.9 Å². The average molecular weight is 507 g/mol. The van der Waals surface area contributed by atoms with Crippen LogP contribution >= 0.6 is 22.9 Å². The van der Waals surface area contributed by atoms with E-state index in [0.29, 0.717) is 40.3 Å². The maximum absolute atomic E-state index is 13.2. The summed E-state index contributed by atoms with van der Waals surface area (Å²) in [4.78, 5) is 35.3. The normalized spacial score (nSPS) is 20.9. The smallest absolute Gasteiger partial charge is 0.463 e. The van der Waals surface area contributed by atoms with E-state index >= 15 is 0 Å². The number of benzene rings is 1. The molecule has 0 aliphatic carbocycles. The minimum atomic E-state index is -1.40. The molecule has 2 aliphatic heterocycles. The fourth-order valence-electron chi connectivity index (χ4n) is 3.73. The molecule has 2 aromatic rings. The van der Waals surface area contributed by atoms with Crippen molar-refractivity contribution in [1.29, 1.82) is 0 Å². The van der Waals surface area contributed by atoms with Crippen LogP contribution < -0.4 is 5.32 Å². The van der Waals surface area contributed by atoms with E-state index in [0.717, 1.165) is 5.56 Å². The summed E-state index contributed by atoms with van der Waals surface area (Å²) in [6.45, 7) is 3.00. The summed E-state index contributed by atoms with van der Waals surface area (Å²) >= 11 is 7.49. The van der Waals surface area contributed by atoms with E-state index in [2.05, 4.69) is 10.3 Å². The number of aromatic nitrogens is 1. The number of carbonyl (C=O) groups excluding carboxylic acids is 1. The molecule has 0 bridgehead atoms. The first-order valence-corrected chi connectivity index (χ1v) is 11.8. The molecule has 3 heterocycles. The molecule has 12 heteroatoms. The molecule has 4 rings (SSSR count). The largest absolute Gasteiger partial charge is 0.507 e. The summed E-state index contributed by atoms with van der Waals surface area (Å²) < 4.78 is 15.8. The molecule has 1 aromatic heterocycles. The Kier molecular flexibility index (Phi) is 7.78. The highest BCUT2D eigenvalue weighted by atomic mass is 35.5. The van der Waals surface area contributed by atoms with Gasteiger partial charge in [-0.2, -0.15) is 0 Å². The molecule has 34 heavy (non-hydrogen) atoms. The van der Waals surface area contributed by atoms with Crippen LogP contribution in [0.5, 0.6) is 0 Å². The van der Waals surface area contributed by atoms with Crippen molar-refractivity contribution in [3.63, 3.8) is 0 Å². The number of esters is 1. The van der Waals surface area contributed by atoms with Crippen LogP contribution in [0.1, 0.15) is 23.5 Å². The number of ether oxygens (including phenoxy) is 3. The van der Waals surface area contributed by atoms with Gasteiger partial charge in [-0.25, -0.2) is 14.6 Å². The van der Waals surface area contributed by atoms with E-state index in [1.807, 2.05) is 17.5 Å². The van der Waals surface area contributed by atoms with E-state index in [1.54, 1.807) is 30.2 Å². The number of carboxylic acid groups (broad SMARTS) is 1. The molecule has 2 N–H and O–H groups in total. The second-order valence-electron chi connectivity index (χ2n) is 7.39. The Morgan fingerprint density at radius 2 is 2.15 bits per heavy atom. The van der Waals surface area contributed by atoms with Gasteiger partial charge in [-0.15, -0.1) is 11.3 Å². The average Bonchev–Trinajstić information content (AvgIpc) is 3.35. The van der Waals surface area contributed by atoms with E-state index in [9.17, 15) is 9.59 Å². The maximum atomic E-state index is 13.2. The summed E-state index contributed by atoms with van der Waals surface area (Å²) in [7, 11) is 0. The Labute approximate surface area is 204 Å². The van der Waals surface area contributed by atoms with E-state index in [1.165, 1.54) is 11.3 Å². The molecule has 1 saturated heterocycles. The van der Waals surface area contributed by atoms with E-state index in [4.69, 9.17) is 35.9 Å². The molecule has 0 radical (unpaired) electrons. The highest BCUT2D eigenvalue weighted by Gasteiger charge is 2.35. The number of halogens is 1. The van der Waals surface area contributed by atoms with Crippen molar-refractivity contribution in [2.24, 2.45) is 4.99 Å². The molecule has 1 fully saturated rings. The Bertz CT molecular complexity index is 1090. The van der Waals surface area contributed by atoms with Gasteiger partial charge in [0, 0.05) is 35.4 Å². The number of aliphatic imine (C=N–C) groups is 1. The van der Waals surface area contributed by atoms with Crippen LogP contribution in [0, 0.1) is 0 Å². The SMILES string of the molecule is CCOC(=O)C1=C(CN2CCOC[C@@H]2OC(=O)O)NC(c2nccs2)=N[C@H]1c1ccc(Cl)cc1. The lowest BCUT2D eigenvalue weighted by molar-refractivity contribution is -0.139. The number of rotatable bonds is 7. The van der Waals surface area contributed by atoms with Gasteiger partial charge < -0.3 is 24.6 Å². The molecule has 2 aliphatic rings. The van der Waals surface area contributed by atoms with Gasteiger partial charge in [0.2, 0.25) is 0 Å². The van der Waals surface area contributed by atoms with Gasteiger partial charge in [-0.3, -0.25) is 9.89 Å². The molecular formula is C22H23ClN4O6S. The Balaban J connectivity index is 1.77. The second-order valence-corrected chi connectivity index (χ2v) is 8.72. The first-order chi connectivity index (χ1) is 16.5. The quantitative estimate of drug-likeness (QED) is 0.545. The van der Waals surface area contributed by atoms with Gasteiger partial charge in [0.05, 0.1) is 25.4 Å². The van der Waals surface area contributed by atoms with Gasteiger partial charge in [0.15, 0.2) is 17.1 Å². The van der Waals surface area contributed by atoms with Crippen LogP contribution in [0.3, 0.4) is 0 Å². The molecule has 0 amide bonds. The van der Waals surface area contributed by atoms with Crippen molar-refractivity contribution in [3.8, 4) is 0 Å². The van der Waals surface area contributed by atoms with Crippen LogP contribution in [0.2, 0.25) is 5.02 Å². The number of nitrogens with one attached hydrogen (secondary N) is 1. The third kappa shape index (κ3) is 5.55. The minimum Gasteiger partial charge on any atom is -0.463 e. The summed E-state index contributed by atoms with van der Waals surface area (Å²) in [5.74, 6) is -0.0159. The van der Waals surface area contributed by atoms with Gasteiger partial charge in [0.1, 0.15) is 6.04 Å². The molecule has 2 atom stereocenters. The van der Waals surface area contributed by atoms with Gasteiger partial charge in [-0.05, 0) is 24.6 Å². The molecule has 180 valence electrons. The van der Waals surface area contributed by atoms with Crippen LogP contribution in [-0.4, -0.2) is 72.1 Å². The fourth-order valence-corrected chi connectivity index (χ4v) is 4.44. The summed E-state index contributed by atoms with van der Waals surface area (Å²) in [5.41, 5.74) is 1.60. The lowest BCUT2D eigenvalue weighted by Gasteiger charge is -2.36. The third-order valence-corrected chi connectivity index (χ3v) is 6.26. The molecule has 10 nitrogen and oxygen atoms in total. The van der Waals surface area contributed by atoms with Crippen LogP contribution in [0.25, 0.3) is 0 Å². The Morgan fingerprint density at radius 3 is 2.82 bits per heavy atom. The van der Waals surface area contributed by atoms with Crippen LogP contribution in [0.15, 0.2) is 52.1 Å². The predicted octanol–water partition coefficient (Wildman–Crippen LogP) is 3.06. The number of hydrogen-bond donors (Lipinski definition) is 2. The highest BCUT2D eigenvalue weighted by molar-refractivity contribution is 7.11. The number of thiazole rings is 1.